The summed E-state index contributed by atoms with van der Waals surface area (Å²) in [7, 11) is 0. The standard InChI is InChI=1S/C14H22N4O3/c1-2-3-14(4-5-15-9-14)13(21)16-6-7-18-8-11(12(19)20)17-10-18/h8,10,15H,2-7,9H2,1H3,(H,16,21)(H,19,20). The zero-order chi connectivity index (χ0) is 15.3. The van der Waals surface area contributed by atoms with Crippen LogP contribution in [0.1, 0.15) is 36.7 Å². The van der Waals surface area contributed by atoms with Crippen LogP contribution in [-0.2, 0) is 11.3 Å². The van der Waals surface area contributed by atoms with Crippen molar-refractivity contribution < 1.29 is 14.7 Å². The zero-order valence-electron chi connectivity index (χ0n) is 12.3. The van der Waals surface area contributed by atoms with Gasteiger partial charge in [0.2, 0.25) is 5.91 Å². The van der Waals surface area contributed by atoms with Gasteiger partial charge in [0.25, 0.3) is 0 Å². The molecule has 116 valence electrons. The van der Waals surface area contributed by atoms with Crippen molar-refractivity contribution in [2.75, 3.05) is 19.6 Å². The molecule has 2 heterocycles. The van der Waals surface area contributed by atoms with Gasteiger partial charge in [0.1, 0.15) is 0 Å². The topological polar surface area (TPSA) is 96.2 Å². The van der Waals surface area contributed by atoms with Gasteiger partial charge in [-0.3, -0.25) is 4.79 Å². The van der Waals surface area contributed by atoms with Crippen molar-refractivity contribution in [3.8, 4) is 0 Å². The second-order valence-corrected chi connectivity index (χ2v) is 5.51. The third kappa shape index (κ3) is 3.60. The van der Waals surface area contributed by atoms with Gasteiger partial charge in [0.05, 0.1) is 11.7 Å². The lowest BCUT2D eigenvalue weighted by molar-refractivity contribution is -0.130. The minimum atomic E-state index is -1.04. The van der Waals surface area contributed by atoms with Gasteiger partial charge < -0.3 is 20.3 Å². The molecule has 7 nitrogen and oxygen atoms in total. The number of hydrogen-bond acceptors (Lipinski definition) is 4. The molecule has 1 fully saturated rings. The first kappa shape index (κ1) is 15.5. The van der Waals surface area contributed by atoms with Crippen LogP contribution in [0.3, 0.4) is 0 Å². The maximum atomic E-state index is 12.4. The van der Waals surface area contributed by atoms with E-state index in [4.69, 9.17) is 5.11 Å². The van der Waals surface area contributed by atoms with Crippen LogP contribution in [0, 0.1) is 5.41 Å². The lowest BCUT2D eigenvalue weighted by atomic mass is 9.81. The van der Waals surface area contributed by atoms with E-state index in [9.17, 15) is 9.59 Å². The molecule has 1 saturated heterocycles. The van der Waals surface area contributed by atoms with Crippen LogP contribution in [0.5, 0.6) is 0 Å². The summed E-state index contributed by atoms with van der Waals surface area (Å²) in [6, 6.07) is 0. The fourth-order valence-corrected chi connectivity index (χ4v) is 2.82. The first-order valence-corrected chi connectivity index (χ1v) is 7.31. The van der Waals surface area contributed by atoms with E-state index in [1.165, 1.54) is 12.5 Å². The van der Waals surface area contributed by atoms with Crippen LogP contribution in [0.4, 0.5) is 0 Å². The summed E-state index contributed by atoms with van der Waals surface area (Å²) in [6.07, 6.45) is 5.68. The molecule has 0 radical (unpaired) electrons. The highest BCUT2D eigenvalue weighted by Crippen LogP contribution is 2.31. The van der Waals surface area contributed by atoms with Crippen molar-refractivity contribution in [1.82, 2.24) is 20.2 Å². The molecule has 2 rings (SSSR count). The minimum absolute atomic E-state index is 0.0174. The van der Waals surface area contributed by atoms with Gasteiger partial charge >= 0.3 is 5.97 Å². The van der Waals surface area contributed by atoms with E-state index >= 15 is 0 Å². The van der Waals surface area contributed by atoms with Gasteiger partial charge in [-0.05, 0) is 19.4 Å². The van der Waals surface area contributed by atoms with Crippen molar-refractivity contribution in [2.24, 2.45) is 5.41 Å². The number of carbonyl (C=O) groups is 2. The largest absolute Gasteiger partial charge is 0.476 e. The van der Waals surface area contributed by atoms with Crippen LogP contribution in [0.15, 0.2) is 12.5 Å². The van der Waals surface area contributed by atoms with Crippen molar-refractivity contribution >= 4 is 11.9 Å². The second kappa shape index (κ2) is 6.71. The number of carbonyl (C=O) groups excluding carboxylic acids is 1. The lowest BCUT2D eigenvalue weighted by Crippen LogP contribution is -2.43. The molecule has 0 bridgehead atoms. The highest BCUT2D eigenvalue weighted by atomic mass is 16.4. The SMILES string of the molecule is CCCC1(C(=O)NCCn2cnc(C(=O)O)c2)CCNC1. The Labute approximate surface area is 123 Å². The van der Waals surface area contributed by atoms with E-state index in [-0.39, 0.29) is 17.0 Å². The van der Waals surface area contributed by atoms with E-state index in [1.807, 2.05) is 0 Å². The number of hydrogen-bond donors (Lipinski definition) is 3. The predicted molar refractivity (Wildman–Crippen MR) is 77.0 cm³/mol. The molecule has 1 aromatic rings. The van der Waals surface area contributed by atoms with Crippen LogP contribution in [0.25, 0.3) is 0 Å². The number of carboxylic acid groups (broad SMARTS) is 1. The summed E-state index contributed by atoms with van der Waals surface area (Å²) in [6.45, 7) is 4.70. The third-order valence-corrected chi connectivity index (χ3v) is 3.96. The monoisotopic (exact) mass is 294 g/mol. The Morgan fingerprint density at radius 1 is 1.57 bits per heavy atom. The van der Waals surface area contributed by atoms with E-state index in [0.717, 1.165) is 32.4 Å². The summed E-state index contributed by atoms with van der Waals surface area (Å²) in [5, 5.41) is 15.0. The number of aromatic carboxylic acids is 1. The average molecular weight is 294 g/mol. The van der Waals surface area contributed by atoms with Gasteiger partial charge in [-0.1, -0.05) is 13.3 Å². The Morgan fingerprint density at radius 2 is 2.38 bits per heavy atom. The molecular weight excluding hydrogens is 272 g/mol. The Bertz CT molecular complexity index is 506. The van der Waals surface area contributed by atoms with Crippen LogP contribution in [0.2, 0.25) is 0 Å². The fraction of sp³-hybridized carbons (Fsp3) is 0.643. The highest BCUT2D eigenvalue weighted by Gasteiger charge is 2.39. The Balaban J connectivity index is 1.84. The zero-order valence-corrected chi connectivity index (χ0v) is 12.3. The first-order valence-electron chi connectivity index (χ1n) is 7.31. The Hall–Kier alpha value is -1.89. The molecule has 1 aliphatic heterocycles. The van der Waals surface area contributed by atoms with Gasteiger partial charge in [0, 0.05) is 25.8 Å². The Morgan fingerprint density at radius 3 is 2.95 bits per heavy atom. The molecule has 0 spiro atoms. The number of aromatic nitrogens is 2. The summed E-state index contributed by atoms with van der Waals surface area (Å²) in [5.74, 6) is -0.954. The van der Waals surface area contributed by atoms with Crippen molar-refractivity contribution in [1.29, 1.82) is 0 Å². The first-order chi connectivity index (χ1) is 10.1. The molecule has 1 unspecified atom stereocenters. The van der Waals surface area contributed by atoms with Crippen LogP contribution in [-0.4, -0.2) is 46.2 Å². The molecule has 1 aliphatic rings. The average Bonchev–Trinajstić information content (AvgIpc) is 3.09. The maximum Gasteiger partial charge on any atom is 0.356 e. The molecule has 0 aliphatic carbocycles. The molecule has 0 aromatic carbocycles. The number of amides is 1. The van der Waals surface area contributed by atoms with E-state index in [0.29, 0.717) is 13.1 Å². The highest BCUT2D eigenvalue weighted by molar-refractivity contribution is 5.85. The Kier molecular flexibility index (Phi) is 4.95. The molecule has 3 N–H and O–H groups in total. The molecule has 1 atom stereocenters. The van der Waals surface area contributed by atoms with Gasteiger partial charge in [-0.25, -0.2) is 9.78 Å². The minimum Gasteiger partial charge on any atom is -0.476 e. The van der Waals surface area contributed by atoms with E-state index in [1.54, 1.807) is 4.57 Å². The quantitative estimate of drug-likeness (QED) is 0.679. The maximum absolute atomic E-state index is 12.4. The smallest absolute Gasteiger partial charge is 0.356 e. The van der Waals surface area contributed by atoms with Gasteiger partial charge in [0.15, 0.2) is 5.69 Å². The number of rotatable bonds is 7. The van der Waals surface area contributed by atoms with Gasteiger partial charge in [-0.15, -0.1) is 0 Å². The molecule has 1 aromatic heterocycles. The second-order valence-electron chi connectivity index (χ2n) is 5.51. The predicted octanol–water partition coefficient (Wildman–Crippen LogP) is 0.477. The molecule has 0 saturated carbocycles. The number of imidazole rings is 1. The van der Waals surface area contributed by atoms with Crippen molar-refractivity contribution in [3.63, 3.8) is 0 Å². The molecule has 7 heteroatoms. The summed E-state index contributed by atoms with van der Waals surface area (Å²) < 4.78 is 1.67. The molecule has 21 heavy (non-hydrogen) atoms. The summed E-state index contributed by atoms with van der Waals surface area (Å²) in [5.41, 5.74) is -0.264. The number of nitrogens with one attached hydrogen (secondary N) is 2. The number of carboxylic acids is 1. The van der Waals surface area contributed by atoms with Crippen molar-refractivity contribution in [2.45, 2.75) is 32.7 Å². The normalized spacial score (nSPS) is 21.4. The fourth-order valence-electron chi connectivity index (χ4n) is 2.82. The molecule has 1 amide bonds. The number of nitrogens with zero attached hydrogens (tertiary/aromatic N) is 2. The third-order valence-electron chi connectivity index (χ3n) is 3.96. The van der Waals surface area contributed by atoms with E-state index < -0.39 is 5.97 Å². The van der Waals surface area contributed by atoms with Crippen LogP contribution >= 0.6 is 0 Å². The lowest BCUT2D eigenvalue weighted by Gasteiger charge is -2.26. The van der Waals surface area contributed by atoms with Crippen molar-refractivity contribution in [3.05, 3.63) is 18.2 Å². The summed E-state index contributed by atoms with van der Waals surface area (Å²) >= 11 is 0. The van der Waals surface area contributed by atoms with E-state index in [2.05, 4.69) is 22.5 Å². The van der Waals surface area contributed by atoms with Gasteiger partial charge in [-0.2, -0.15) is 0 Å². The summed E-state index contributed by atoms with van der Waals surface area (Å²) in [4.78, 5) is 26.9. The van der Waals surface area contributed by atoms with Crippen LogP contribution < -0.4 is 10.6 Å². The molecular formula is C14H22N4O3.